The molecule has 0 unspecified atom stereocenters. The molecule has 3 rings (SSSR count). The summed E-state index contributed by atoms with van der Waals surface area (Å²) >= 11 is 0. The number of hydrogen-bond acceptors (Lipinski definition) is 4. The number of ether oxygens (including phenoxy) is 2. The summed E-state index contributed by atoms with van der Waals surface area (Å²) < 4.78 is 11.2. The molecule has 0 saturated heterocycles. The molecule has 0 saturated carbocycles. The number of carbonyl (C=O) groups excluding carboxylic acids is 1. The number of rotatable bonds is 8. The van der Waals surface area contributed by atoms with Crippen molar-refractivity contribution < 1.29 is 14.3 Å². The number of hydrogen-bond donors (Lipinski definition) is 3. The molecule has 1 heterocycles. The molecule has 0 fully saturated rings. The minimum Gasteiger partial charge on any atom is -0.493 e. The predicted molar refractivity (Wildman–Crippen MR) is 111 cm³/mol. The molecule has 148 valence electrons. The van der Waals surface area contributed by atoms with Gasteiger partial charge in [0.05, 0.1) is 20.3 Å². The van der Waals surface area contributed by atoms with Crippen molar-refractivity contribution in [2.24, 2.45) is 0 Å². The number of carbonyl (C=O) groups is 1. The average molecular weight is 381 g/mol. The summed E-state index contributed by atoms with van der Waals surface area (Å²) in [5, 5.41) is 7.18. The second kappa shape index (κ2) is 8.80. The highest BCUT2D eigenvalue weighted by Crippen LogP contribution is 2.40. The van der Waals surface area contributed by atoms with Crippen LogP contribution in [0.5, 0.6) is 11.5 Å². The van der Waals surface area contributed by atoms with Gasteiger partial charge in [0.1, 0.15) is 0 Å². The van der Waals surface area contributed by atoms with Crippen LogP contribution < -0.4 is 20.1 Å². The molecule has 0 bridgehead atoms. The Kier molecular flexibility index (Phi) is 6.21. The zero-order valence-corrected chi connectivity index (χ0v) is 16.7. The molecule has 0 radical (unpaired) electrons. The van der Waals surface area contributed by atoms with Gasteiger partial charge < -0.3 is 25.1 Å². The average Bonchev–Trinajstić information content (AvgIpc) is 3.16. The Morgan fingerprint density at radius 1 is 1.07 bits per heavy atom. The smallest absolute Gasteiger partial charge is 0.236 e. The van der Waals surface area contributed by atoms with Gasteiger partial charge >= 0.3 is 0 Å². The molecule has 2 aromatic carbocycles. The predicted octanol–water partition coefficient (Wildman–Crippen LogP) is 3.04. The lowest BCUT2D eigenvalue weighted by molar-refractivity contribution is -0.122. The van der Waals surface area contributed by atoms with Gasteiger partial charge in [-0.15, -0.1) is 0 Å². The number of likely N-dealkylation sites (N-methyl/N-ethyl adjacent to an activating group) is 1. The van der Waals surface area contributed by atoms with Crippen LogP contribution in [-0.2, 0) is 4.79 Å². The minimum absolute atomic E-state index is 0.0340. The first-order valence-corrected chi connectivity index (χ1v) is 9.32. The third kappa shape index (κ3) is 3.82. The van der Waals surface area contributed by atoms with E-state index < -0.39 is 0 Å². The largest absolute Gasteiger partial charge is 0.493 e. The third-order valence-corrected chi connectivity index (χ3v) is 5.07. The van der Waals surface area contributed by atoms with Crippen molar-refractivity contribution in [2.45, 2.75) is 18.9 Å². The summed E-state index contributed by atoms with van der Waals surface area (Å²) in [4.78, 5) is 15.3. The highest BCUT2D eigenvalue weighted by molar-refractivity contribution is 5.84. The van der Waals surface area contributed by atoms with Crippen molar-refractivity contribution in [3.05, 3.63) is 59.8 Å². The maximum absolute atomic E-state index is 12.0. The summed E-state index contributed by atoms with van der Waals surface area (Å²) in [6.45, 7) is 2.42. The highest BCUT2D eigenvalue weighted by Gasteiger charge is 2.24. The van der Waals surface area contributed by atoms with Crippen LogP contribution in [-0.4, -0.2) is 44.7 Å². The molecule has 3 N–H and O–H groups in total. The number of benzene rings is 2. The van der Waals surface area contributed by atoms with E-state index in [1.165, 1.54) is 0 Å². The molecule has 3 aromatic rings. The van der Waals surface area contributed by atoms with E-state index in [0.717, 1.165) is 22.0 Å². The molecule has 2 atom stereocenters. The first-order chi connectivity index (χ1) is 13.6. The van der Waals surface area contributed by atoms with Gasteiger partial charge in [0.15, 0.2) is 11.5 Å². The van der Waals surface area contributed by atoms with Crippen LogP contribution in [0.4, 0.5) is 0 Å². The zero-order valence-electron chi connectivity index (χ0n) is 16.7. The van der Waals surface area contributed by atoms with E-state index >= 15 is 0 Å². The quantitative estimate of drug-likeness (QED) is 0.561. The van der Waals surface area contributed by atoms with Gasteiger partial charge in [-0.3, -0.25) is 4.79 Å². The molecule has 0 spiro atoms. The molecule has 0 aliphatic carbocycles. The van der Waals surface area contributed by atoms with Crippen LogP contribution in [0.25, 0.3) is 10.9 Å². The van der Waals surface area contributed by atoms with Crippen LogP contribution in [0.3, 0.4) is 0 Å². The van der Waals surface area contributed by atoms with Crippen LogP contribution >= 0.6 is 0 Å². The Morgan fingerprint density at radius 2 is 1.86 bits per heavy atom. The summed E-state index contributed by atoms with van der Waals surface area (Å²) in [6, 6.07) is 13.8. The van der Waals surface area contributed by atoms with E-state index in [9.17, 15) is 4.79 Å². The van der Waals surface area contributed by atoms with Gasteiger partial charge in [0.25, 0.3) is 0 Å². The van der Waals surface area contributed by atoms with Crippen molar-refractivity contribution in [3.8, 4) is 11.5 Å². The standard InChI is InChI=1S/C22H27N3O3/c1-14(22(26)23-2)24-12-18(16-9-7-11-20(27-3)21(16)28-4)17-13-25-19-10-6-5-8-15(17)19/h5-11,13-14,18,24-25H,12H2,1-4H3,(H,23,26)/t14-,18+/m0/s1. The lowest BCUT2D eigenvalue weighted by Crippen LogP contribution is -2.42. The van der Waals surface area contributed by atoms with Gasteiger partial charge in [-0.25, -0.2) is 0 Å². The minimum atomic E-state index is -0.311. The van der Waals surface area contributed by atoms with E-state index in [1.807, 2.05) is 43.5 Å². The molecular weight excluding hydrogens is 354 g/mol. The van der Waals surface area contributed by atoms with Gasteiger partial charge in [-0.2, -0.15) is 0 Å². The van der Waals surface area contributed by atoms with E-state index in [-0.39, 0.29) is 17.9 Å². The summed E-state index contributed by atoms with van der Waals surface area (Å²) in [7, 11) is 4.92. The van der Waals surface area contributed by atoms with Gasteiger partial charge in [-0.1, -0.05) is 30.3 Å². The van der Waals surface area contributed by atoms with Crippen LogP contribution in [0, 0.1) is 0 Å². The Hall–Kier alpha value is -2.99. The highest BCUT2D eigenvalue weighted by atomic mass is 16.5. The summed E-state index contributed by atoms with van der Waals surface area (Å²) in [5.41, 5.74) is 3.21. The fourth-order valence-corrected chi connectivity index (χ4v) is 3.56. The zero-order chi connectivity index (χ0) is 20.1. The lowest BCUT2D eigenvalue weighted by atomic mass is 9.89. The number of nitrogens with one attached hydrogen (secondary N) is 3. The number of H-pyrrole nitrogens is 1. The van der Waals surface area contributed by atoms with E-state index in [2.05, 4.69) is 27.8 Å². The molecular formula is C22H27N3O3. The van der Waals surface area contributed by atoms with Crippen molar-refractivity contribution in [1.82, 2.24) is 15.6 Å². The van der Waals surface area contributed by atoms with Gasteiger partial charge in [-0.05, 0) is 24.6 Å². The molecule has 0 aliphatic heterocycles. The monoisotopic (exact) mass is 381 g/mol. The molecule has 6 nitrogen and oxygen atoms in total. The van der Waals surface area contributed by atoms with E-state index in [1.54, 1.807) is 21.3 Å². The fourth-order valence-electron chi connectivity index (χ4n) is 3.56. The molecule has 0 aliphatic rings. The number of aromatic nitrogens is 1. The second-order valence-electron chi connectivity index (χ2n) is 6.67. The Labute approximate surface area is 165 Å². The third-order valence-electron chi connectivity index (χ3n) is 5.07. The summed E-state index contributed by atoms with van der Waals surface area (Å²) in [5.74, 6) is 1.31. The molecule has 1 amide bonds. The van der Waals surface area contributed by atoms with Crippen LogP contribution in [0.15, 0.2) is 48.7 Å². The van der Waals surface area contributed by atoms with Crippen LogP contribution in [0.1, 0.15) is 24.0 Å². The maximum atomic E-state index is 12.0. The first-order valence-electron chi connectivity index (χ1n) is 9.32. The number of amides is 1. The maximum Gasteiger partial charge on any atom is 0.236 e. The number of aromatic amines is 1. The van der Waals surface area contributed by atoms with Crippen molar-refractivity contribution in [1.29, 1.82) is 0 Å². The molecule has 28 heavy (non-hydrogen) atoms. The fraction of sp³-hybridized carbons (Fsp3) is 0.318. The Morgan fingerprint density at radius 3 is 2.57 bits per heavy atom. The molecule has 6 heteroatoms. The number of methoxy groups -OCH3 is 2. The van der Waals surface area contributed by atoms with Crippen LogP contribution in [0.2, 0.25) is 0 Å². The molecule has 1 aromatic heterocycles. The van der Waals surface area contributed by atoms with Crippen molar-refractivity contribution in [3.63, 3.8) is 0 Å². The number of para-hydroxylation sites is 2. The Balaban J connectivity index is 2.06. The van der Waals surface area contributed by atoms with Crippen molar-refractivity contribution in [2.75, 3.05) is 27.8 Å². The normalized spacial score (nSPS) is 13.1. The first kappa shape index (κ1) is 19.8. The second-order valence-corrected chi connectivity index (χ2v) is 6.67. The summed E-state index contributed by atoms with van der Waals surface area (Å²) in [6.07, 6.45) is 2.03. The van der Waals surface area contributed by atoms with Gasteiger partial charge in [0.2, 0.25) is 5.91 Å². The van der Waals surface area contributed by atoms with E-state index in [0.29, 0.717) is 18.0 Å². The SMILES string of the molecule is CNC(=O)[C@H](C)NC[C@H](c1cccc(OC)c1OC)c1c[nH]c2ccccc12. The van der Waals surface area contributed by atoms with Gasteiger partial charge in [0, 0.05) is 42.2 Å². The lowest BCUT2D eigenvalue weighted by Gasteiger charge is -2.23. The van der Waals surface area contributed by atoms with E-state index in [4.69, 9.17) is 9.47 Å². The number of fused-ring (bicyclic) bond motifs is 1. The van der Waals surface area contributed by atoms with Crippen molar-refractivity contribution >= 4 is 16.8 Å². The Bertz CT molecular complexity index is 951. The topological polar surface area (TPSA) is 75.4 Å².